The minimum atomic E-state index is -4.49. The molecule has 0 aromatic heterocycles. The van der Waals surface area contributed by atoms with E-state index in [0.29, 0.717) is 6.54 Å². The number of para-hydroxylation sites is 1. The third-order valence-corrected chi connectivity index (χ3v) is 2.88. The summed E-state index contributed by atoms with van der Waals surface area (Å²) in [6.45, 7) is 1.43. The molecule has 7 heteroatoms. The molecule has 104 valence electrons. The number of anilines is 1. The van der Waals surface area contributed by atoms with Gasteiger partial charge in [-0.05, 0) is 25.1 Å². The Labute approximate surface area is 108 Å². The van der Waals surface area contributed by atoms with E-state index in [2.05, 4.69) is 16.0 Å². The SMILES string of the molecule is O=C(Nc1ccccc1C(F)(F)F)N[C@@H]1CCNC1. The van der Waals surface area contributed by atoms with Gasteiger partial charge in [0.25, 0.3) is 0 Å². The first-order chi connectivity index (χ1) is 8.97. The second-order valence-corrected chi connectivity index (χ2v) is 4.33. The zero-order valence-corrected chi connectivity index (χ0v) is 10.1. The highest BCUT2D eigenvalue weighted by molar-refractivity contribution is 5.90. The fraction of sp³-hybridized carbons (Fsp3) is 0.417. The van der Waals surface area contributed by atoms with E-state index < -0.39 is 17.8 Å². The number of carbonyl (C=O) groups excluding carboxylic acids is 1. The largest absolute Gasteiger partial charge is 0.418 e. The summed E-state index contributed by atoms with van der Waals surface area (Å²) in [5.74, 6) is 0. The molecule has 0 unspecified atom stereocenters. The summed E-state index contributed by atoms with van der Waals surface area (Å²) in [5.41, 5.74) is -1.09. The van der Waals surface area contributed by atoms with Gasteiger partial charge in [-0.15, -0.1) is 0 Å². The quantitative estimate of drug-likeness (QED) is 0.773. The van der Waals surface area contributed by atoms with Gasteiger partial charge in [-0.25, -0.2) is 4.79 Å². The molecule has 1 aromatic carbocycles. The Morgan fingerprint density at radius 3 is 2.68 bits per heavy atom. The summed E-state index contributed by atoms with van der Waals surface area (Å²) in [5, 5.41) is 7.93. The van der Waals surface area contributed by atoms with Crippen LogP contribution in [-0.4, -0.2) is 25.2 Å². The van der Waals surface area contributed by atoms with Crippen molar-refractivity contribution in [3.05, 3.63) is 29.8 Å². The Bertz CT molecular complexity index is 456. The van der Waals surface area contributed by atoms with Crippen LogP contribution in [-0.2, 0) is 6.18 Å². The van der Waals surface area contributed by atoms with Crippen LogP contribution in [0.5, 0.6) is 0 Å². The fourth-order valence-corrected chi connectivity index (χ4v) is 1.96. The predicted molar refractivity (Wildman–Crippen MR) is 64.9 cm³/mol. The van der Waals surface area contributed by atoms with Crippen LogP contribution in [0.25, 0.3) is 0 Å². The average molecular weight is 273 g/mol. The monoisotopic (exact) mass is 273 g/mol. The highest BCUT2D eigenvalue weighted by Gasteiger charge is 2.33. The Morgan fingerprint density at radius 2 is 2.05 bits per heavy atom. The smallest absolute Gasteiger partial charge is 0.334 e. The van der Waals surface area contributed by atoms with E-state index in [0.717, 1.165) is 19.0 Å². The zero-order chi connectivity index (χ0) is 13.9. The molecule has 0 saturated carbocycles. The normalized spacial score (nSPS) is 19.2. The van der Waals surface area contributed by atoms with E-state index in [4.69, 9.17) is 0 Å². The minimum absolute atomic E-state index is 0.0435. The van der Waals surface area contributed by atoms with E-state index in [1.54, 1.807) is 0 Å². The second kappa shape index (κ2) is 5.48. The van der Waals surface area contributed by atoms with E-state index in [1.807, 2.05) is 0 Å². The van der Waals surface area contributed by atoms with Gasteiger partial charge in [0.1, 0.15) is 0 Å². The molecule has 1 saturated heterocycles. The number of hydrogen-bond donors (Lipinski definition) is 3. The number of halogens is 3. The standard InChI is InChI=1S/C12H14F3N3O/c13-12(14,15)9-3-1-2-4-10(9)18-11(19)17-8-5-6-16-7-8/h1-4,8,16H,5-7H2,(H2,17,18,19)/t8-/m1/s1. The molecule has 2 amide bonds. The molecule has 4 nitrogen and oxygen atoms in total. The zero-order valence-electron chi connectivity index (χ0n) is 10.1. The molecule has 19 heavy (non-hydrogen) atoms. The van der Waals surface area contributed by atoms with Crippen molar-refractivity contribution in [2.24, 2.45) is 0 Å². The number of alkyl halides is 3. The maximum absolute atomic E-state index is 12.7. The molecule has 0 aliphatic carbocycles. The summed E-state index contributed by atoms with van der Waals surface area (Å²) in [6, 6.07) is 4.24. The lowest BCUT2D eigenvalue weighted by molar-refractivity contribution is -0.136. The second-order valence-electron chi connectivity index (χ2n) is 4.33. The van der Waals surface area contributed by atoms with Crippen LogP contribution in [0.1, 0.15) is 12.0 Å². The summed E-state index contributed by atoms with van der Waals surface area (Å²) in [7, 11) is 0. The first-order valence-corrected chi connectivity index (χ1v) is 5.91. The molecular formula is C12H14F3N3O. The van der Waals surface area contributed by atoms with Crippen molar-refractivity contribution in [3.63, 3.8) is 0 Å². The lowest BCUT2D eigenvalue weighted by atomic mass is 10.1. The molecule has 1 atom stereocenters. The summed E-state index contributed by atoms with van der Waals surface area (Å²) in [4.78, 5) is 11.6. The molecule has 0 radical (unpaired) electrons. The highest BCUT2D eigenvalue weighted by atomic mass is 19.4. The van der Waals surface area contributed by atoms with Gasteiger partial charge < -0.3 is 16.0 Å². The number of amides is 2. The van der Waals surface area contributed by atoms with E-state index in [1.165, 1.54) is 18.2 Å². The van der Waals surface area contributed by atoms with Crippen LogP contribution in [0, 0.1) is 0 Å². The number of rotatable bonds is 2. The summed E-state index contributed by atoms with van der Waals surface area (Å²) < 4.78 is 38.2. The molecule has 2 rings (SSSR count). The number of hydrogen-bond acceptors (Lipinski definition) is 2. The Morgan fingerprint density at radius 1 is 1.32 bits per heavy atom. The van der Waals surface area contributed by atoms with Crippen LogP contribution in [0.15, 0.2) is 24.3 Å². The van der Waals surface area contributed by atoms with Gasteiger partial charge in [0.05, 0.1) is 11.3 Å². The van der Waals surface area contributed by atoms with Crippen molar-refractivity contribution < 1.29 is 18.0 Å². The van der Waals surface area contributed by atoms with E-state index in [9.17, 15) is 18.0 Å². The van der Waals surface area contributed by atoms with Gasteiger partial charge in [-0.1, -0.05) is 12.1 Å². The van der Waals surface area contributed by atoms with Crippen LogP contribution in [0.4, 0.5) is 23.7 Å². The maximum atomic E-state index is 12.7. The number of carbonyl (C=O) groups is 1. The van der Waals surface area contributed by atoms with Gasteiger partial charge in [0.15, 0.2) is 0 Å². The Balaban J connectivity index is 2.04. The molecule has 1 aromatic rings. The summed E-state index contributed by atoms with van der Waals surface area (Å²) in [6.07, 6.45) is -3.72. The minimum Gasteiger partial charge on any atom is -0.334 e. The van der Waals surface area contributed by atoms with E-state index in [-0.39, 0.29) is 11.7 Å². The van der Waals surface area contributed by atoms with Gasteiger partial charge in [-0.3, -0.25) is 0 Å². The molecular weight excluding hydrogens is 259 g/mol. The molecule has 1 fully saturated rings. The summed E-state index contributed by atoms with van der Waals surface area (Å²) >= 11 is 0. The van der Waals surface area contributed by atoms with Crippen LogP contribution < -0.4 is 16.0 Å². The highest BCUT2D eigenvalue weighted by Crippen LogP contribution is 2.34. The van der Waals surface area contributed by atoms with Crippen molar-refractivity contribution in [2.75, 3.05) is 18.4 Å². The van der Waals surface area contributed by atoms with Crippen LogP contribution in [0.2, 0.25) is 0 Å². The third-order valence-electron chi connectivity index (χ3n) is 2.88. The van der Waals surface area contributed by atoms with Gasteiger partial charge in [0.2, 0.25) is 0 Å². The predicted octanol–water partition coefficient (Wildman–Crippen LogP) is 2.19. The van der Waals surface area contributed by atoms with Crippen molar-refractivity contribution in [2.45, 2.75) is 18.6 Å². The number of urea groups is 1. The topological polar surface area (TPSA) is 53.2 Å². The molecule has 1 heterocycles. The van der Waals surface area contributed by atoms with Gasteiger partial charge >= 0.3 is 12.2 Å². The molecule has 1 aliphatic heterocycles. The first-order valence-electron chi connectivity index (χ1n) is 5.91. The molecule has 0 spiro atoms. The third kappa shape index (κ3) is 3.60. The van der Waals surface area contributed by atoms with Crippen molar-refractivity contribution in [3.8, 4) is 0 Å². The van der Waals surface area contributed by atoms with Crippen LogP contribution >= 0.6 is 0 Å². The van der Waals surface area contributed by atoms with Crippen molar-refractivity contribution in [1.82, 2.24) is 10.6 Å². The lowest BCUT2D eigenvalue weighted by Gasteiger charge is -2.16. The molecule has 3 N–H and O–H groups in total. The van der Waals surface area contributed by atoms with E-state index >= 15 is 0 Å². The Hall–Kier alpha value is -1.76. The molecule has 1 aliphatic rings. The lowest BCUT2D eigenvalue weighted by Crippen LogP contribution is -2.39. The Kier molecular flexibility index (Phi) is 3.94. The average Bonchev–Trinajstić information content (AvgIpc) is 2.81. The first kappa shape index (κ1) is 13.7. The van der Waals surface area contributed by atoms with Crippen molar-refractivity contribution in [1.29, 1.82) is 0 Å². The number of benzene rings is 1. The number of nitrogens with one attached hydrogen (secondary N) is 3. The van der Waals surface area contributed by atoms with Crippen molar-refractivity contribution >= 4 is 11.7 Å². The van der Waals surface area contributed by atoms with Crippen LogP contribution in [0.3, 0.4) is 0 Å². The van der Waals surface area contributed by atoms with Gasteiger partial charge in [-0.2, -0.15) is 13.2 Å². The van der Waals surface area contributed by atoms with Gasteiger partial charge in [0, 0.05) is 12.6 Å². The molecule has 0 bridgehead atoms. The fourth-order valence-electron chi connectivity index (χ4n) is 1.96. The maximum Gasteiger partial charge on any atom is 0.418 e.